The molecule has 4 heteroatoms. The van der Waals surface area contributed by atoms with Gasteiger partial charge in [-0.15, -0.1) is 0 Å². The molecule has 16 heavy (non-hydrogen) atoms. The van der Waals surface area contributed by atoms with Gasteiger partial charge in [-0.3, -0.25) is 4.79 Å². The molecule has 0 aromatic carbocycles. The average molecular weight is 289 g/mol. The van der Waals surface area contributed by atoms with Gasteiger partial charge in [-0.1, -0.05) is 22.9 Å². The van der Waals surface area contributed by atoms with Crippen molar-refractivity contribution >= 4 is 21.8 Å². The van der Waals surface area contributed by atoms with Gasteiger partial charge >= 0.3 is 0 Å². The summed E-state index contributed by atoms with van der Waals surface area (Å²) in [7, 11) is 0. The SMILES string of the molecule is CC1CCN(CCN2CC(Br)CC2=O)CC1. The number of likely N-dealkylation sites (tertiary alicyclic amines) is 2. The molecule has 0 bridgehead atoms. The van der Waals surface area contributed by atoms with Crippen molar-refractivity contribution in [1.29, 1.82) is 0 Å². The van der Waals surface area contributed by atoms with Gasteiger partial charge in [0, 0.05) is 30.9 Å². The van der Waals surface area contributed by atoms with E-state index < -0.39 is 0 Å². The van der Waals surface area contributed by atoms with E-state index in [-0.39, 0.29) is 0 Å². The molecule has 1 unspecified atom stereocenters. The molecule has 0 spiro atoms. The Morgan fingerprint density at radius 1 is 1.31 bits per heavy atom. The summed E-state index contributed by atoms with van der Waals surface area (Å²) >= 11 is 3.52. The Kier molecular flexibility index (Phi) is 4.25. The van der Waals surface area contributed by atoms with Crippen LogP contribution in [0.1, 0.15) is 26.2 Å². The van der Waals surface area contributed by atoms with Gasteiger partial charge in [0.25, 0.3) is 0 Å². The van der Waals surface area contributed by atoms with E-state index in [1.807, 2.05) is 4.90 Å². The fourth-order valence-corrected chi connectivity index (χ4v) is 3.11. The lowest BCUT2D eigenvalue weighted by Gasteiger charge is -2.31. The van der Waals surface area contributed by atoms with Crippen LogP contribution in [0.2, 0.25) is 0 Å². The molecule has 2 fully saturated rings. The van der Waals surface area contributed by atoms with Gasteiger partial charge in [0.15, 0.2) is 0 Å². The minimum absolute atomic E-state index is 0.312. The first-order valence-corrected chi connectivity index (χ1v) is 7.21. The molecule has 0 saturated carbocycles. The molecule has 1 atom stereocenters. The third kappa shape index (κ3) is 3.20. The van der Waals surface area contributed by atoms with Crippen LogP contribution >= 0.6 is 15.9 Å². The Bertz CT molecular complexity index is 251. The molecule has 2 saturated heterocycles. The van der Waals surface area contributed by atoms with Crippen molar-refractivity contribution in [3.63, 3.8) is 0 Å². The lowest BCUT2D eigenvalue weighted by atomic mass is 9.99. The van der Waals surface area contributed by atoms with Gasteiger partial charge in [0.05, 0.1) is 0 Å². The molecule has 1 amide bonds. The van der Waals surface area contributed by atoms with E-state index in [9.17, 15) is 4.79 Å². The van der Waals surface area contributed by atoms with E-state index in [0.29, 0.717) is 17.2 Å². The molecule has 0 N–H and O–H groups in total. The number of alkyl halides is 1. The zero-order valence-corrected chi connectivity index (χ0v) is 11.6. The van der Waals surface area contributed by atoms with Gasteiger partial charge in [-0.2, -0.15) is 0 Å². The fourth-order valence-electron chi connectivity index (χ4n) is 2.49. The smallest absolute Gasteiger partial charge is 0.223 e. The van der Waals surface area contributed by atoms with Crippen LogP contribution in [0.4, 0.5) is 0 Å². The molecular weight excluding hydrogens is 268 g/mol. The van der Waals surface area contributed by atoms with Crippen molar-refractivity contribution < 1.29 is 4.79 Å². The highest BCUT2D eigenvalue weighted by molar-refractivity contribution is 9.09. The molecule has 0 aliphatic carbocycles. The first kappa shape index (κ1) is 12.4. The van der Waals surface area contributed by atoms with Crippen LogP contribution in [0.25, 0.3) is 0 Å². The van der Waals surface area contributed by atoms with E-state index in [1.54, 1.807) is 0 Å². The Hall–Kier alpha value is -0.0900. The highest BCUT2D eigenvalue weighted by atomic mass is 79.9. The number of nitrogens with zero attached hydrogens (tertiary/aromatic N) is 2. The number of amides is 1. The third-order valence-corrected chi connectivity index (χ3v) is 4.34. The predicted octanol–water partition coefficient (Wildman–Crippen LogP) is 1.71. The van der Waals surface area contributed by atoms with Crippen LogP contribution < -0.4 is 0 Å². The van der Waals surface area contributed by atoms with E-state index >= 15 is 0 Å². The van der Waals surface area contributed by atoms with Gasteiger partial charge in [0.2, 0.25) is 5.91 Å². The molecular formula is C12H21BrN2O. The molecule has 0 aromatic rings. The molecule has 0 radical (unpaired) electrons. The molecule has 92 valence electrons. The lowest BCUT2D eigenvalue weighted by molar-refractivity contribution is -0.127. The number of piperidine rings is 1. The second-order valence-electron chi connectivity index (χ2n) is 5.17. The molecule has 2 aliphatic rings. The second kappa shape index (κ2) is 5.50. The third-order valence-electron chi connectivity index (χ3n) is 3.73. The second-order valence-corrected chi connectivity index (χ2v) is 6.46. The average Bonchev–Trinajstić information content (AvgIpc) is 2.57. The van der Waals surface area contributed by atoms with Crippen molar-refractivity contribution in [3.05, 3.63) is 0 Å². The molecule has 3 nitrogen and oxygen atoms in total. The lowest BCUT2D eigenvalue weighted by Crippen LogP contribution is -2.39. The van der Waals surface area contributed by atoms with Gasteiger partial charge in [-0.25, -0.2) is 0 Å². The first-order chi connectivity index (χ1) is 7.65. The first-order valence-electron chi connectivity index (χ1n) is 6.29. The summed E-state index contributed by atoms with van der Waals surface area (Å²) in [5.41, 5.74) is 0. The normalized spacial score (nSPS) is 29.0. The summed E-state index contributed by atoms with van der Waals surface area (Å²) < 4.78 is 0. The van der Waals surface area contributed by atoms with Crippen LogP contribution in [0.5, 0.6) is 0 Å². The van der Waals surface area contributed by atoms with Crippen LogP contribution in [0.3, 0.4) is 0 Å². The Labute approximate surface area is 106 Å². The van der Waals surface area contributed by atoms with Crippen molar-refractivity contribution in [2.75, 3.05) is 32.7 Å². The Morgan fingerprint density at radius 3 is 2.56 bits per heavy atom. The van der Waals surface area contributed by atoms with Crippen LogP contribution in [-0.2, 0) is 4.79 Å². The predicted molar refractivity (Wildman–Crippen MR) is 68.8 cm³/mol. The summed E-state index contributed by atoms with van der Waals surface area (Å²) in [6.45, 7) is 7.61. The minimum Gasteiger partial charge on any atom is -0.340 e. The zero-order valence-electron chi connectivity index (χ0n) is 9.99. The maximum Gasteiger partial charge on any atom is 0.223 e. The highest BCUT2D eigenvalue weighted by Gasteiger charge is 2.27. The van der Waals surface area contributed by atoms with Crippen LogP contribution in [0, 0.1) is 5.92 Å². The summed E-state index contributed by atoms with van der Waals surface area (Å²) in [5.74, 6) is 1.20. The maximum atomic E-state index is 11.6. The topological polar surface area (TPSA) is 23.6 Å². The monoisotopic (exact) mass is 288 g/mol. The van der Waals surface area contributed by atoms with Crippen LogP contribution in [0.15, 0.2) is 0 Å². The van der Waals surface area contributed by atoms with Crippen LogP contribution in [-0.4, -0.2) is 53.3 Å². The largest absolute Gasteiger partial charge is 0.340 e. The van der Waals surface area contributed by atoms with Gasteiger partial charge < -0.3 is 9.80 Å². The Morgan fingerprint density at radius 2 is 2.00 bits per heavy atom. The van der Waals surface area contributed by atoms with Gasteiger partial charge in [-0.05, 0) is 31.8 Å². The summed E-state index contributed by atoms with van der Waals surface area (Å²) in [6, 6.07) is 0. The van der Waals surface area contributed by atoms with E-state index in [0.717, 1.165) is 25.6 Å². The molecule has 2 heterocycles. The van der Waals surface area contributed by atoms with Crippen molar-refractivity contribution in [1.82, 2.24) is 9.80 Å². The van der Waals surface area contributed by atoms with E-state index in [1.165, 1.54) is 25.9 Å². The summed E-state index contributed by atoms with van der Waals surface area (Å²) in [4.78, 5) is 16.5. The number of hydrogen-bond donors (Lipinski definition) is 0. The minimum atomic E-state index is 0.312. The van der Waals surface area contributed by atoms with Crippen molar-refractivity contribution in [2.24, 2.45) is 5.92 Å². The number of hydrogen-bond acceptors (Lipinski definition) is 2. The molecule has 0 aromatic heterocycles. The standard InChI is InChI=1S/C12H21BrN2O/c1-10-2-4-14(5-3-10)6-7-15-9-11(13)8-12(15)16/h10-11H,2-9H2,1H3. The molecule has 2 rings (SSSR count). The van der Waals surface area contributed by atoms with Crippen molar-refractivity contribution in [2.45, 2.75) is 31.0 Å². The molecule has 2 aliphatic heterocycles. The summed E-state index contributed by atoms with van der Waals surface area (Å²) in [5, 5.41) is 0. The zero-order chi connectivity index (χ0) is 11.5. The number of rotatable bonds is 3. The van der Waals surface area contributed by atoms with E-state index in [2.05, 4.69) is 27.8 Å². The number of halogens is 1. The number of carbonyl (C=O) groups excluding carboxylic acids is 1. The maximum absolute atomic E-state index is 11.6. The Balaban J connectivity index is 1.69. The van der Waals surface area contributed by atoms with Gasteiger partial charge in [0.1, 0.15) is 0 Å². The van der Waals surface area contributed by atoms with E-state index in [4.69, 9.17) is 0 Å². The fraction of sp³-hybridized carbons (Fsp3) is 0.917. The van der Waals surface area contributed by atoms with Crippen molar-refractivity contribution in [3.8, 4) is 0 Å². The summed E-state index contributed by atoms with van der Waals surface area (Å²) in [6.07, 6.45) is 3.31. The number of carbonyl (C=O) groups is 1. The quantitative estimate of drug-likeness (QED) is 0.739. The highest BCUT2D eigenvalue weighted by Crippen LogP contribution is 2.19.